The van der Waals surface area contributed by atoms with Crippen molar-refractivity contribution in [2.24, 2.45) is 0 Å². The lowest BCUT2D eigenvalue weighted by molar-refractivity contribution is 0.0524. The third kappa shape index (κ3) is 2.91. The topological polar surface area (TPSA) is 41.6 Å². The van der Waals surface area contributed by atoms with Crippen molar-refractivity contribution in [3.8, 4) is 0 Å². The third-order valence-electron chi connectivity index (χ3n) is 3.61. The number of morpholine rings is 1. The molecule has 0 radical (unpaired) electrons. The van der Waals surface area contributed by atoms with Crippen LogP contribution < -0.4 is 5.32 Å². The van der Waals surface area contributed by atoms with Crippen LogP contribution in [0, 0.1) is 5.82 Å². The molecule has 1 aromatic carbocycles. The van der Waals surface area contributed by atoms with E-state index in [1.54, 1.807) is 22.7 Å². The number of carbonyl (C=O) groups is 1. The van der Waals surface area contributed by atoms with Crippen molar-refractivity contribution in [2.45, 2.75) is 17.4 Å². The molecule has 0 aromatic heterocycles. The minimum atomic E-state index is -0.253. The molecule has 6 heteroatoms. The van der Waals surface area contributed by atoms with Crippen molar-refractivity contribution in [3.63, 3.8) is 0 Å². The van der Waals surface area contributed by atoms with Crippen LogP contribution in [0.2, 0.25) is 0 Å². The molecule has 1 atom stereocenters. The SMILES string of the molecule is O=C(NC1CCSc2ccc(F)cc21)N1CCOCC1. The number of hydrogen-bond donors (Lipinski definition) is 1. The number of carbonyl (C=O) groups excluding carboxylic acids is 1. The Morgan fingerprint density at radius 3 is 3.00 bits per heavy atom. The molecule has 0 aliphatic carbocycles. The Morgan fingerprint density at radius 1 is 1.40 bits per heavy atom. The van der Waals surface area contributed by atoms with E-state index in [-0.39, 0.29) is 17.9 Å². The summed E-state index contributed by atoms with van der Waals surface area (Å²) in [5.41, 5.74) is 0.892. The second kappa shape index (κ2) is 6.01. The molecule has 1 saturated heterocycles. The predicted octanol–water partition coefficient (Wildman–Crippen LogP) is 2.40. The summed E-state index contributed by atoms with van der Waals surface area (Å²) in [5, 5.41) is 3.02. The fourth-order valence-electron chi connectivity index (χ4n) is 2.52. The lowest BCUT2D eigenvalue weighted by Gasteiger charge is -2.31. The molecule has 3 rings (SSSR count). The molecule has 2 aliphatic heterocycles. The smallest absolute Gasteiger partial charge is 0.318 e. The Hall–Kier alpha value is -1.27. The summed E-state index contributed by atoms with van der Waals surface area (Å²) in [5.74, 6) is 0.684. The quantitative estimate of drug-likeness (QED) is 0.865. The van der Waals surface area contributed by atoms with E-state index in [1.807, 2.05) is 0 Å². The van der Waals surface area contributed by atoms with E-state index in [2.05, 4.69) is 5.32 Å². The Bertz CT molecular complexity index is 506. The molecule has 2 aliphatic rings. The van der Waals surface area contributed by atoms with Crippen molar-refractivity contribution < 1.29 is 13.9 Å². The number of urea groups is 1. The number of rotatable bonds is 1. The molecule has 2 heterocycles. The maximum atomic E-state index is 13.4. The molecule has 0 saturated carbocycles. The molecule has 0 bridgehead atoms. The second-order valence-corrected chi connectivity index (χ2v) is 6.06. The van der Waals surface area contributed by atoms with Gasteiger partial charge in [-0.3, -0.25) is 0 Å². The number of ether oxygens (including phenoxy) is 1. The number of thioether (sulfide) groups is 1. The normalized spacial score (nSPS) is 22.2. The van der Waals surface area contributed by atoms with Crippen LogP contribution in [0.25, 0.3) is 0 Å². The number of nitrogens with zero attached hydrogens (tertiary/aromatic N) is 1. The number of amides is 2. The van der Waals surface area contributed by atoms with Gasteiger partial charge in [-0.2, -0.15) is 0 Å². The van der Waals surface area contributed by atoms with Crippen LogP contribution in [0.4, 0.5) is 9.18 Å². The fourth-order valence-corrected chi connectivity index (χ4v) is 3.63. The van der Waals surface area contributed by atoms with E-state index in [1.165, 1.54) is 12.1 Å². The molecule has 2 amide bonds. The average Bonchev–Trinajstić information content (AvgIpc) is 2.49. The zero-order chi connectivity index (χ0) is 13.9. The van der Waals surface area contributed by atoms with Crippen LogP contribution in [-0.2, 0) is 4.74 Å². The molecule has 108 valence electrons. The summed E-state index contributed by atoms with van der Waals surface area (Å²) in [6.07, 6.45) is 0.831. The van der Waals surface area contributed by atoms with Gasteiger partial charge in [0.05, 0.1) is 19.3 Å². The van der Waals surface area contributed by atoms with Gasteiger partial charge in [0.2, 0.25) is 0 Å². The van der Waals surface area contributed by atoms with Crippen LogP contribution in [-0.4, -0.2) is 43.0 Å². The molecular weight excluding hydrogens is 279 g/mol. The van der Waals surface area contributed by atoms with Crippen molar-refractivity contribution >= 4 is 17.8 Å². The van der Waals surface area contributed by atoms with Gasteiger partial charge in [-0.05, 0) is 30.2 Å². The number of fused-ring (bicyclic) bond motifs is 1. The zero-order valence-corrected chi connectivity index (χ0v) is 11.9. The molecule has 4 nitrogen and oxygen atoms in total. The Kier molecular flexibility index (Phi) is 4.12. The van der Waals surface area contributed by atoms with E-state index >= 15 is 0 Å². The van der Waals surface area contributed by atoms with Crippen LogP contribution in [0.3, 0.4) is 0 Å². The highest BCUT2D eigenvalue weighted by Crippen LogP contribution is 2.36. The van der Waals surface area contributed by atoms with Crippen LogP contribution in [0.5, 0.6) is 0 Å². The van der Waals surface area contributed by atoms with Crippen molar-refractivity contribution in [1.82, 2.24) is 10.2 Å². The molecular formula is C14H17FN2O2S. The standard InChI is InChI=1S/C14H17FN2O2S/c15-10-1-2-13-11(9-10)12(3-8-20-13)16-14(18)17-4-6-19-7-5-17/h1-2,9,12H,3-8H2,(H,16,18). The molecule has 1 aromatic rings. The Morgan fingerprint density at radius 2 is 2.20 bits per heavy atom. The van der Waals surface area contributed by atoms with Crippen LogP contribution in [0.1, 0.15) is 18.0 Å². The molecule has 1 N–H and O–H groups in total. The molecule has 1 unspecified atom stereocenters. The minimum Gasteiger partial charge on any atom is -0.378 e. The first-order chi connectivity index (χ1) is 9.74. The van der Waals surface area contributed by atoms with E-state index < -0.39 is 0 Å². The first-order valence-electron chi connectivity index (χ1n) is 6.79. The summed E-state index contributed by atoms with van der Waals surface area (Å²) in [4.78, 5) is 15.0. The van der Waals surface area contributed by atoms with Gasteiger partial charge in [-0.25, -0.2) is 9.18 Å². The summed E-state index contributed by atoms with van der Waals surface area (Å²) >= 11 is 1.71. The molecule has 20 heavy (non-hydrogen) atoms. The van der Waals surface area contributed by atoms with E-state index in [0.717, 1.165) is 22.6 Å². The van der Waals surface area contributed by atoms with Gasteiger partial charge >= 0.3 is 6.03 Å². The van der Waals surface area contributed by atoms with E-state index in [9.17, 15) is 9.18 Å². The summed E-state index contributed by atoms with van der Waals surface area (Å²) in [6, 6.07) is 4.62. The third-order valence-corrected chi connectivity index (χ3v) is 4.73. The molecule has 1 fully saturated rings. The van der Waals surface area contributed by atoms with Crippen LogP contribution >= 0.6 is 11.8 Å². The number of hydrogen-bond acceptors (Lipinski definition) is 3. The fraction of sp³-hybridized carbons (Fsp3) is 0.500. The highest BCUT2D eigenvalue weighted by molar-refractivity contribution is 7.99. The van der Waals surface area contributed by atoms with Gasteiger partial charge < -0.3 is 15.0 Å². The summed E-state index contributed by atoms with van der Waals surface area (Å²) in [6.45, 7) is 2.39. The van der Waals surface area contributed by atoms with Gasteiger partial charge in [0.1, 0.15) is 5.82 Å². The largest absolute Gasteiger partial charge is 0.378 e. The minimum absolute atomic E-state index is 0.0830. The highest BCUT2D eigenvalue weighted by Gasteiger charge is 2.25. The van der Waals surface area contributed by atoms with Crippen molar-refractivity contribution in [3.05, 3.63) is 29.6 Å². The highest BCUT2D eigenvalue weighted by atomic mass is 32.2. The Labute approximate surface area is 121 Å². The summed E-state index contributed by atoms with van der Waals surface area (Å²) < 4.78 is 18.6. The van der Waals surface area contributed by atoms with Gasteiger partial charge in [0.15, 0.2) is 0 Å². The monoisotopic (exact) mass is 296 g/mol. The van der Waals surface area contributed by atoms with Crippen LogP contribution in [0.15, 0.2) is 23.1 Å². The van der Waals surface area contributed by atoms with E-state index in [4.69, 9.17) is 4.74 Å². The lowest BCUT2D eigenvalue weighted by Crippen LogP contribution is -2.47. The van der Waals surface area contributed by atoms with Gasteiger partial charge in [0, 0.05) is 23.7 Å². The lowest BCUT2D eigenvalue weighted by atomic mass is 10.0. The second-order valence-electron chi connectivity index (χ2n) is 4.92. The maximum Gasteiger partial charge on any atom is 0.318 e. The summed E-state index contributed by atoms with van der Waals surface area (Å²) in [7, 11) is 0. The van der Waals surface area contributed by atoms with Gasteiger partial charge in [-0.1, -0.05) is 0 Å². The first-order valence-corrected chi connectivity index (χ1v) is 7.78. The van der Waals surface area contributed by atoms with Crippen molar-refractivity contribution in [2.75, 3.05) is 32.1 Å². The molecule has 0 spiro atoms. The van der Waals surface area contributed by atoms with E-state index in [0.29, 0.717) is 26.3 Å². The van der Waals surface area contributed by atoms with Gasteiger partial charge in [0.25, 0.3) is 0 Å². The predicted molar refractivity (Wildman–Crippen MR) is 75.4 cm³/mol. The number of nitrogens with one attached hydrogen (secondary N) is 1. The number of benzene rings is 1. The first kappa shape index (κ1) is 13.7. The van der Waals surface area contributed by atoms with Crippen molar-refractivity contribution in [1.29, 1.82) is 0 Å². The average molecular weight is 296 g/mol. The maximum absolute atomic E-state index is 13.4. The zero-order valence-electron chi connectivity index (χ0n) is 11.1. The van der Waals surface area contributed by atoms with Gasteiger partial charge in [-0.15, -0.1) is 11.8 Å². The number of halogens is 1. The Balaban J connectivity index is 1.72.